The van der Waals surface area contributed by atoms with Crippen LogP contribution < -0.4 is 5.32 Å². The van der Waals surface area contributed by atoms with Crippen molar-refractivity contribution in [1.82, 2.24) is 19.9 Å². The SMILES string of the molecule is Cc1cc(C(=O)N2CC=C(c3cc(NC(=O)C4CC4)nc4[nH]ccc34)C(C)C2)ccn1. The maximum atomic E-state index is 13.0. The Hall–Kier alpha value is -3.48. The number of H-pyrrole nitrogens is 1. The molecular weight excluding hydrogens is 390 g/mol. The summed E-state index contributed by atoms with van der Waals surface area (Å²) >= 11 is 0. The average Bonchev–Trinajstić information content (AvgIpc) is 3.51. The van der Waals surface area contributed by atoms with Crippen molar-refractivity contribution in [1.29, 1.82) is 0 Å². The number of carbonyl (C=O) groups excluding carboxylic acids is 2. The van der Waals surface area contributed by atoms with Gasteiger partial charge in [-0.1, -0.05) is 13.0 Å². The van der Waals surface area contributed by atoms with Crippen LogP contribution in [0.15, 0.2) is 42.7 Å². The topological polar surface area (TPSA) is 91.0 Å². The van der Waals surface area contributed by atoms with Crippen LogP contribution >= 0.6 is 0 Å². The van der Waals surface area contributed by atoms with E-state index in [1.807, 2.05) is 36.2 Å². The number of hydrogen-bond donors (Lipinski definition) is 2. The Labute approximate surface area is 180 Å². The van der Waals surface area contributed by atoms with E-state index in [9.17, 15) is 9.59 Å². The van der Waals surface area contributed by atoms with Gasteiger partial charge in [0.05, 0.1) is 0 Å². The molecule has 1 atom stereocenters. The van der Waals surface area contributed by atoms with Gasteiger partial charge in [-0.2, -0.15) is 0 Å². The molecule has 158 valence electrons. The third-order valence-corrected chi connectivity index (χ3v) is 6.03. The van der Waals surface area contributed by atoms with Gasteiger partial charge < -0.3 is 15.2 Å². The number of anilines is 1. The molecule has 3 aromatic rings. The molecule has 2 N–H and O–H groups in total. The summed E-state index contributed by atoms with van der Waals surface area (Å²) in [6, 6.07) is 7.56. The first-order valence-corrected chi connectivity index (χ1v) is 10.7. The Morgan fingerprint density at radius 2 is 2.06 bits per heavy atom. The molecule has 0 spiro atoms. The van der Waals surface area contributed by atoms with Crippen LogP contribution in [-0.2, 0) is 4.79 Å². The molecule has 1 aliphatic heterocycles. The van der Waals surface area contributed by atoms with Crippen LogP contribution in [0.25, 0.3) is 16.6 Å². The van der Waals surface area contributed by atoms with Gasteiger partial charge >= 0.3 is 0 Å². The monoisotopic (exact) mass is 415 g/mol. The van der Waals surface area contributed by atoms with Crippen LogP contribution in [0.4, 0.5) is 5.82 Å². The zero-order valence-corrected chi connectivity index (χ0v) is 17.7. The van der Waals surface area contributed by atoms with Crippen molar-refractivity contribution >= 4 is 34.2 Å². The zero-order valence-electron chi connectivity index (χ0n) is 17.7. The maximum Gasteiger partial charge on any atom is 0.254 e. The van der Waals surface area contributed by atoms with Crippen molar-refractivity contribution in [3.05, 3.63) is 59.6 Å². The zero-order chi connectivity index (χ0) is 21.5. The molecule has 2 aliphatic rings. The highest BCUT2D eigenvalue weighted by molar-refractivity contribution is 5.98. The van der Waals surface area contributed by atoms with E-state index in [0.29, 0.717) is 24.5 Å². The Kier molecular flexibility index (Phi) is 4.81. The summed E-state index contributed by atoms with van der Waals surface area (Å²) in [5, 5.41) is 3.99. The van der Waals surface area contributed by atoms with E-state index in [4.69, 9.17) is 0 Å². The van der Waals surface area contributed by atoms with Gasteiger partial charge in [0.2, 0.25) is 5.91 Å². The molecule has 1 unspecified atom stereocenters. The summed E-state index contributed by atoms with van der Waals surface area (Å²) in [6.45, 7) is 5.19. The van der Waals surface area contributed by atoms with Gasteiger partial charge in [0.1, 0.15) is 11.5 Å². The van der Waals surface area contributed by atoms with Crippen LogP contribution in [0.5, 0.6) is 0 Å². The first-order chi connectivity index (χ1) is 15.0. The summed E-state index contributed by atoms with van der Waals surface area (Å²) < 4.78 is 0. The second-order valence-electron chi connectivity index (χ2n) is 8.52. The fourth-order valence-corrected chi connectivity index (χ4v) is 4.23. The number of aromatic nitrogens is 3. The lowest BCUT2D eigenvalue weighted by atomic mass is 9.89. The molecule has 31 heavy (non-hydrogen) atoms. The smallest absolute Gasteiger partial charge is 0.254 e. The highest BCUT2D eigenvalue weighted by Crippen LogP contribution is 2.35. The number of aromatic amines is 1. The molecule has 1 saturated carbocycles. The molecular formula is C24H25N5O2. The third-order valence-electron chi connectivity index (χ3n) is 6.03. The Bertz CT molecular complexity index is 1210. The van der Waals surface area contributed by atoms with Crippen molar-refractivity contribution in [3.8, 4) is 0 Å². The lowest BCUT2D eigenvalue weighted by Crippen LogP contribution is -2.38. The van der Waals surface area contributed by atoms with Crippen molar-refractivity contribution in [2.45, 2.75) is 26.7 Å². The van der Waals surface area contributed by atoms with Crippen LogP contribution in [-0.4, -0.2) is 44.8 Å². The van der Waals surface area contributed by atoms with Crippen molar-refractivity contribution in [2.24, 2.45) is 11.8 Å². The average molecular weight is 415 g/mol. The summed E-state index contributed by atoms with van der Waals surface area (Å²) in [5.74, 6) is 0.897. The van der Waals surface area contributed by atoms with E-state index in [1.165, 1.54) is 5.57 Å². The minimum atomic E-state index is 0.0200. The van der Waals surface area contributed by atoms with E-state index in [0.717, 1.165) is 35.1 Å². The van der Waals surface area contributed by atoms with E-state index < -0.39 is 0 Å². The predicted molar refractivity (Wildman–Crippen MR) is 119 cm³/mol. The lowest BCUT2D eigenvalue weighted by Gasteiger charge is -2.32. The number of amides is 2. The molecule has 5 rings (SSSR count). The van der Waals surface area contributed by atoms with Crippen LogP contribution in [0, 0.1) is 18.8 Å². The van der Waals surface area contributed by atoms with E-state index >= 15 is 0 Å². The number of pyridine rings is 2. The van der Waals surface area contributed by atoms with Gasteiger partial charge in [0.25, 0.3) is 5.91 Å². The molecule has 0 radical (unpaired) electrons. The number of fused-ring (bicyclic) bond motifs is 1. The van der Waals surface area contributed by atoms with Gasteiger partial charge in [-0.05, 0) is 61.1 Å². The van der Waals surface area contributed by atoms with Crippen molar-refractivity contribution in [2.75, 3.05) is 18.4 Å². The molecule has 0 bridgehead atoms. The summed E-state index contributed by atoms with van der Waals surface area (Å²) in [6.07, 6.45) is 7.56. The molecule has 4 heterocycles. The second kappa shape index (κ2) is 7.65. The van der Waals surface area contributed by atoms with Crippen LogP contribution in [0.3, 0.4) is 0 Å². The maximum absolute atomic E-state index is 13.0. The standard InChI is InChI=1S/C24H25N5O2/c1-14-13-29(24(31)17-5-8-25-15(2)11-17)10-7-18(14)20-12-21(28-23(30)16-3-4-16)27-22-19(20)6-9-26-22/h5-9,11-12,14,16H,3-4,10,13H2,1-2H3,(H2,26,27,28,30). The van der Waals surface area contributed by atoms with Gasteiger partial charge in [-0.15, -0.1) is 0 Å². The lowest BCUT2D eigenvalue weighted by molar-refractivity contribution is -0.117. The molecule has 7 nitrogen and oxygen atoms in total. The molecule has 1 aliphatic carbocycles. The minimum absolute atomic E-state index is 0.0200. The van der Waals surface area contributed by atoms with Gasteiger partial charge in [-0.3, -0.25) is 14.6 Å². The Morgan fingerprint density at radius 3 is 2.81 bits per heavy atom. The summed E-state index contributed by atoms with van der Waals surface area (Å²) in [5.41, 5.74) is 4.47. The molecule has 0 saturated heterocycles. The van der Waals surface area contributed by atoms with Gasteiger partial charge in [0, 0.05) is 48.0 Å². The predicted octanol–water partition coefficient (Wildman–Crippen LogP) is 3.79. The molecule has 7 heteroatoms. The van der Waals surface area contributed by atoms with E-state index in [1.54, 1.807) is 12.3 Å². The Balaban J connectivity index is 1.44. The number of carbonyl (C=O) groups is 2. The third kappa shape index (κ3) is 3.83. The van der Waals surface area contributed by atoms with E-state index in [2.05, 4.69) is 33.3 Å². The minimum Gasteiger partial charge on any atom is -0.346 e. The van der Waals surface area contributed by atoms with Gasteiger partial charge in [-0.25, -0.2) is 4.98 Å². The Morgan fingerprint density at radius 1 is 1.23 bits per heavy atom. The number of nitrogens with one attached hydrogen (secondary N) is 2. The van der Waals surface area contributed by atoms with Gasteiger partial charge in [0.15, 0.2) is 0 Å². The fourth-order valence-electron chi connectivity index (χ4n) is 4.23. The normalized spacial score (nSPS) is 18.7. The second-order valence-corrected chi connectivity index (χ2v) is 8.52. The first kappa shape index (κ1) is 19.5. The first-order valence-electron chi connectivity index (χ1n) is 10.7. The quantitative estimate of drug-likeness (QED) is 0.678. The van der Waals surface area contributed by atoms with Crippen LogP contribution in [0.1, 0.15) is 41.4 Å². The van der Waals surface area contributed by atoms with E-state index in [-0.39, 0.29) is 23.7 Å². The largest absolute Gasteiger partial charge is 0.346 e. The molecule has 2 amide bonds. The highest BCUT2D eigenvalue weighted by Gasteiger charge is 2.30. The molecule has 3 aromatic heterocycles. The highest BCUT2D eigenvalue weighted by atomic mass is 16.2. The number of rotatable bonds is 4. The molecule has 0 aromatic carbocycles. The number of nitrogens with zero attached hydrogens (tertiary/aromatic N) is 3. The fraction of sp³-hybridized carbons (Fsp3) is 0.333. The van der Waals surface area contributed by atoms with Crippen LogP contribution in [0.2, 0.25) is 0 Å². The number of aryl methyl sites for hydroxylation is 1. The molecule has 1 fully saturated rings. The summed E-state index contributed by atoms with van der Waals surface area (Å²) in [7, 11) is 0. The summed E-state index contributed by atoms with van der Waals surface area (Å²) in [4.78, 5) is 39.0. The van der Waals surface area contributed by atoms with Crippen molar-refractivity contribution in [3.63, 3.8) is 0 Å². The van der Waals surface area contributed by atoms with Crippen molar-refractivity contribution < 1.29 is 9.59 Å². The number of hydrogen-bond acceptors (Lipinski definition) is 4.